The molecule has 7 nitrogen and oxygen atoms in total. The maximum absolute atomic E-state index is 5.71. The standard InChI is InChI=1S/C10H28N4O3Si/c1-15-18(16-2,17-10-14-8-5-12)9-3-6-13-7-4-11/h13-14H,3-12H2,1-2H3. The third-order valence-corrected chi connectivity index (χ3v) is 5.29. The molecule has 0 aromatic heterocycles. The lowest BCUT2D eigenvalue weighted by atomic mass is 10.5. The second kappa shape index (κ2) is 12.0. The van der Waals surface area contributed by atoms with Crippen molar-refractivity contribution in [3.63, 3.8) is 0 Å². The Kier molecular flexibility index (Phi) is 12.0. The molecule has 0 heterocycles. The van der Waals surface area contributed by atoms with Gasteiger partial charge in [-0.25, -0.2) is 0 Å². The van der Waals surface area contributed by atoms with Gasteiger partial charge in [-0.3, -0.25) is 5.32 Å². The molecule has 0 atom stereocenters. The Balaban J connectivity index is 3.85. The van der Waals surface area contributed by atoms with E-state index in [0.29, 0.717) is 19.8 Å². The minimum absolute atomic E-state index is 0.404. The zero-order valence-electron chi connectivity index (χ0n) is 11.5. The van der Waals surface area contributed by atoms with Crippen molar-refractivity contribution in [1.29, 1.82) is 0 Å². The van der Waals surface area contributed by atoms with E-state index in [4.69, 9.17) is 24.7 Å². The summed E-state index contributed by atoms with van der Waals surface area (Å²) in [5.41, 5.74) is 10.8. The fourth-order valence-electron chi connectivity index (χ4n) is 1.47. The molecule has 0 aromatic rings. The molecule has 110 valence electrons. The fourth-order valence-corrected chi connectivity index (χ4v) is 3.36. The average molecular weight is 280 g/mol. The first kappa shape index (κ1) is 17.9. The number of hydrogen-bond donors (Lipinski definition) is 4. The van der Waals surface area contributed by atoms with E-state index in [-0.39, 0.29) is 0 Å². The maximum Gasteiger partial charge on any atom is 0.501 e. The average Bonchev–Trinajstić information content (AvgIpc) is 2.41. The molecule has 0 fully saturated rings. The van der Waals surface area contributed by atoms with Crippen LogP contribution in [0.3, 0.4) is 0 Å². The lowest BCUT2D eigenvalue weighted by molar-refractivity contribution is 0.0899. The predicted octanol–water partition coefficient (Wildman–Crippen LogP) is -1.32. The van der Waals surface area contributed by atoms with E-state index in [2.05, 4.69) is 10.6 Å². The largest absolute Gasteiger partial charge is 0.501 e. The summed E-state index contributed by atoms with van der Waals surface area (Å²) in [4.78, 5) is 0. The van der Waals surface area contributed by atoms with Crippen molar-refractivity contribution in [3.05, 3.63) is 0 Å². The van der Waals surface area contributed by atoms with Crippen molar-refractivity contribution in [2.75, 3.05) is 53.7 Å². The topological polar surface area (TPSA) is 104 Å². The van der Waals surface area contributed by atoms with Gasteiger partial charge in [0.25, 0.3) is 0 Å². The van der Waals surface area contributed by atoms with Crippen molar-refractivity contribution in [1.82, 2.24) is 10.6 Å². The van der Waals surface area contributed by atoms with Gasteiger partial charge in [-0.15, -0.1) is 0 Å². The van der Waals surface area contributed by atoms with E-state index < -0.39 is 8.80 Å². The Morgan fingerprint density at radius 2 is 1.56 bits per heavy atom. The Morgan fingerprint density at radius 1 is 0.944 bits per heavy atom. The van der Waals surface area contributed by atoms with Gasteiger partial charge in [0.05, 0.1) is 6.73 Å². The van der Waals surface area contributed by atoms with E-state index in [9.17, 15) is 0 Å². The second-order valence-electron chi connectivity index (χ2n) is 3.81. The van der Waals surface area contributed by atoms with Crippen LogP contribution in [0.15, 0.2) is 0 Å². The molecule has 0 saturated carbocycles. The van der Waals surface area contributed by atoms with Crippen LogP contribution in [0.5, 0.6) is 0 Å². The highest BCUT2D eigenvalue weighted by Gasteiger charge is 2.38. The Bertz CT molecular complexity index is 185. The van der Waals surface area contributed by atoms with Gasteiger partial charge in [0.2, 0.25) is 0 Å². The van der Waals surface area contributed by atoms with Crippen molar-refractivity contribution in [2.45, 2.75) is 12.5 Å². The zero-order valence-corrected chi connectivity index (χ0v) is 12.5. The van der Waals surface area contributed by atoms with Crippen molar-refractivity contribution in [2.24, 2.45) is 11.5 Å². The maximum atomic E-state index is 5.71. The van der Waals surface area contributed by atoms with Gasteiger partial charge in [-0.05, 0) is 13.0 Å². The van der Waals surface area contributed by atoms with Gasteiger partial charge in [-0.2, -0.15) is 0 Å². The summed E-state index contributed by atoms with van der Waals surface area (Å²) in [6.07, 6.45) is 0.935. The van der Waals surface area contributed by atoms with Crippen molar-refractivity contribution in [3.8, 4) is 0 Å². The lowest BCUT2D eigenvalue weighted by Gasteiger charge is -2.26. The molecule has 8 heteroatoms. The van der Waals surface area contributed by atoms with Crippen LogP contribution in [0.25, 0.3) is 0 Å². The van der Waals surface area contributed by atoms with Gasteiger partial charge in [0.1, 0.15) is 0 Å². The normalized spacial score (nSPS) is 12.0. The second-order valence-corrected chi connectivity index (χ2v) is 6.78. The summed E-state index contributed by atoms with van der Waals surface area (Å²) < 4.78 is 16.6. The molecule has 0 saturated heterocycles. The monoisotopic (exact) mass is 280 g/mol. The van der Waals surface area contributed by atoms with E-state index in [1.165, 1.54) is 0 Å². The van der Waals surface area contributed by atoms with Gasteiger partial charge < -0.3 is 30.1 Å². The van der Waals surface area contributed by atoms with E-state index in [0.717, 1.165) is 32.1 Å². The van der Waals surface area contributed by atoms with Crippen LogP contribution in [0.2, 0.25) is 6.04 Å². The van der Waals surface area contributed by atoms with Crippen LogP contribution in [-0.4, -0.2) is 62.5 Å². The number of rotatable bonds is 13. The Labute approximate surface area is 111 Å². The minimum Gasteiger partial charge on any atom is -0.377 e. The van der Waals surface area contributed by atoms with E-state index >= 15 is 0 Å². The molecule has 0 amide bonds. The smallest absolute Gasteiger partial charge is 0.377 e. The predicted molar refractivity (Wildman–Crippen MR) is 74.1 cm³/mol. The summed E-state index contributed by atoms with van der Waals surface area (Å²) in [6, 6.07) is 0.780. The molecule has 18 heavy (non-hydrogen) atoms. The summed E-state index contributed by atoms with van der Waals surface area (Å²) in [6.45, 7) is 4.07. The van der Waals surface area contributed by atoms with Gasteiger partial charge >= 0.3 is 8.80 Å². The van der Waals surface area contributed by atoms with E-state index in [1.54, 1.807) is 14.2 Å². The summed E-state index contributed by atoms with van der Waals surface area (Å²) in [5.74, 6) is 0. The third-order valence-electron chi connectivity index (χ3n) is 2.49. The van der Waals surface area contributed by atoms with Crippen LogP contribution in [-0.2, 0) is 13.3 Å². The molecule has 6 N–H and O–H groups in total. The molecule has 0 rings (SSSR count). The molecule has 0 aliphatic carbocycles. The molecule has 0 unspecified atom stereocenters. The van der Waals surface area contributed by atoms with Gasteiger partial charge in [0, 0.05) is 46.4 Å². The minimum atomic E-state index is -2.53. The molecule has 0 bridgehead atoms. The molecular formula is C10H28N4O3Si. The highest BCUT2D eigenvalue weighted by molar-refractivity contribution is 6.60. The molecule has 0 aromatic carbocycles. The number of hydrogen-bond acceptors (Lipinski definition) is 7. The lowest BCUT2D eigenvalue weighted by Crippen LogP contribution is -2.46. The van der Waals surface area contributed by atoms with Gasteiger partial charge in [0.15, 0.2) is 0 Å². The van der Waals surface area contributed by atoms with Crippen LogP contribution in [0.1, 0.15) is 6.42 Å². The van der Waals surface area contributed by atoms with Crippen molar-refractivity contribution < 1.29 is 13.3 Å². The molecular weight excluding hydrogens is 252 g/mol. The number of nitrogens with one attached hydrogen (secondary N) is 2. The molecule has 0 radical (unpaired) electrons. The third kappa shape index (κ3) is 8.11. The zero-order chi connectivity index (χ0) is 13.7. The van der Waals surface area contributed by atoms with Crippen molar-refractivity contribution >= 4 is 8.80 Å². The highest BCUT2D eigenvalue weighted by Crippen LogP contribution is 2.15. The SMILES string of the molecule is CO[Si](CCCNCCN)(OC)OCNCCN. The van der Waals surface area contributed by atoms with Crippen LogP contribution >= 0.6 is 0 Å². The first-order valence-corrected chi connectivity index (χ1v) is 8.23. The Morgan fingerprint density at radius 3 is 2.11 bits per heavy atom. The van der Waals surface area contributed by atoms with Crippen LogP contribution < -0.4 is 22.1 Å². The first-order valence-electron chi connectivity index (χ1n) is 6.30. The quantitative estimate of drug-likeness (QED) is 0.188. The number of nitrogens with two attached hydrogens (primary N) is 2. The Hall–Kier alpha value is -0.0631. The first-order chi connectivity index (χ1) is 8.74. The highest BCUT2D eigenvalue weighted by atomic mass is 28.4. The van der Waals surface area contributed by atoms with Crippen LogP contribution in [0, 0.1) is 0 Å². The molecule has 0 aliphatic rings. The summed E-state index contributed by atoms with van der Waals surface area (Å²) >= 11 is 0. The molecule has 0 spiro atoms. The molecule has 0 aliphatic heterocycles. The van der Waals surface area contributed by atoms with E-state index in [1.807, 2.05) is 0 Å². The fraction of sp³-hybridized carbons (Fsp3) is 1.00. The summed E-state index contributed by atoms with van der Waals surface area (Å²) in [5, 5.41) is 6.30. The van der Waals surface area contributed by atoms with Crippen LogP contribution in [0.4, 0.5) is 0 Å². The summed E-state index contributed by atoms with van der Waals surface area (Å²) in [7, 11) is 0.734. The van der Waals surface area contributed by atoms with Gasteiger partial charge in [-0.1, -0.05) is 0 Å².